The Labute approximate surface area is 175 Å². The standard InChI is InChI=1S/C21H23N3O5S/c1-15-5-11-18(12-6-15)30(27,28)24-13-3-4-19(24)20(25)23-22-14-16-7-9-17(10-8-16)21(26)29-2/h5-12,14,19H,3-4,13H2,1-2H3,(H,23,25)/b22-14-/t19-/m0/s1. The van der Waals surface area contributed by atoms with E-state index in [4.69, 9.17) is 0 Å². The van der Waals surface area contributed by atoms with Crippen LogP contribution in [-0.2, 0) is 19.6 Å². The van der Waals surface area contributed by atoms with Gasteiger partial charge in [-0.1, -0.05) is 29.8 Å². The number of carbonyl (C=O) groups excluding carboxylic acids is 2. The molecule has 1 heterocycles. The third kappa shape index (κ3) is 4.74. The Morgan fingerprint density at radius 3 is 2.43 bits per heavy atom. The summed E-state index contributed by atoms with van der Waals surface area (Å²) in [5, 5.41) is 3.92. The summed E-state index contributed by atoms with van der Waals surface area (Å²) in [5.74, 6) is -0.923. The van der Waals surface area contributed by atoms with Gasteiger partial charge in [0.15, 0.2) is 0 Å². The molecule has 1 N–H and O–H groups in total. The molecule has 1 saturated heterocycles. The Hall–Kier alpha value is -3.04. The molecule has 0 aromatic heterocycles. The summed E-state index contributed by atoms with van der Waals surface area (Å²) in [6.45, 7) is 2.16. The van der Waals surface area contributed by atoms with Crippen molar-refractivity contribution in [1.29, 1.82) is 0 Å². The molecule has 2 aromatic rings. The SMILES string of the molecule is COC(=O)c1ccc(/C=N\NC(=O)[C@@H]2CCCN2S(=O)(=O)c2ccc(C)cc2)cc1. The van der Waals surface area contributed by atoms with Gasteiger partial charge in [-0.3, -0.25) is 4.79 Å². The number of carbonyl (C=O) groups is 2. The summed E-state index contributed by atoms with van der Waals surface area (Å²) >= 11 is 0. The van der Waals surface area contributed by atoms with E-state index in [0.717, 1.165) is 5.56 Å². The van der Waals surface area contributed by atoms with E-state index in [-0.39, 0.29) is 11.4 Å². The molecule has 1 atom stereocenters. The number of hydrogen-bond donors (Lipinski definition) is 1. The number of nitrogens with zero attached hydrogens (tertiary/aromatic N) is 2. The highest BCUT2D eigenvalue weighted by Gasteiger charge is 2.39. The van der Waals surface area contributed by atoms with E-state index in [1.165, 1.54) is 17.6 Å². The van der Waals surface area contributed by atoms with Gasteiger partial charge in [0, 0.05) is 6.54 Å². The lowest BCUT2D eigenvalue weighted by atomic mass is 10.1. The van der Waals surface area contributed by atoms with E-state index in [9.17, 15) is 18.0 Å². The lowest BCUT2D eigenvalue weighted by Crippen LogP contribution is -2.44. The molecule has 9 heteroatoms. The number of rotatable bonds is 6. The number of benzene rings is 2. The van der Waals surface area contributed by atoms with Gasteiger partial charge in [0.1, 0.15) is 6.04 Å². The van der Waals surface area contributed by atoms with Gasteiger partial charge in [-0.05, 0) is 49.6 Å². The number of aryl methyl sites for hydroxylation is 1. The minimum absolute atomic E-state index is 0.169. The smallest absolute Gasteiger partial charge is 0.337 e. The Morgan fingerprint density at radius 2 is 1.80 bits per heavy atom. The van der Waals surface area contributed by atoms with Crippen molar-refractivity contribution in [2.24, 2.45) is 5.10 Å². The van der Waals surface area contributed by atoms with Crippen molar-refractivity contribution < 1.29 is 22.7 Å². The predicted molar refractivity (Wildman–Crippen MR) is 112 cm³/mol. The topological polar surface area (TPSA) is 105 Å². The van der Waals surface area contributed by atoms with Crippen molar-refractivity contribution in [1.82, 2.24) is 9.73 Å². The third-order valence-electron chi connectivity index (χ3n) is 4.85. The molecule has 0 unspecified atom stereocenters. The number of hydrogen-bond acceptors (Lipinski definition) is 6. The second kappa shape index (κ2) is 9.19. The van der Waals surface area contributed by atoms with Crippen LogP contribution >= 0.6 is 0 Å². The van der Waals surface area contributed by atoms with Gasteiger partial charge in [-0.25, -0.2) is 18.6 Å². The van der Waals surface area contributed by atoms with Crippen molar-refractivity contribution in [3.63, 3.8) is 0 Å². The van der Waals surface area contributed by atoms with Crippen LogP contribution in [0.15, 0.2) is 58.5 Å². The molecule has 0 saturated carbocycles. The van der Waals surface area contributed by atoms with Crippen LogP contribution in [0.3, 0.4) is 0 Å². The lowest BCUT2D eigenvalue weighted by Gasteiger charge is -2.22. The summed E-state index contributed by atoms with van der Waals surface area (Å²) in [6, 6.07) is 12.2. The zero-order valence-electron chi connectivity index (χ0n) is 16.7. The van der Waals surface area contributed by atoms with E-state index in [0.29, 0.717) is 24.0 Å². The molecule has 1 aliphatic rings. The number of methoxy groups -OCH3 is 1. The number of nitrogens with one attached hydrogen (secondary N) is 1. The molecule has 2 aromatic carbocycles. The Morgan fingerprint density at radius 1 is 1.13 bits per heavy atom. The summed E-state index contributed by atoms with van der Waals surface area (Å²) in [5.41, 5.74) is 4.44. The van der Waals surface area contributed by atoms with Gasteiger partial charge in [0.2, 0.25) is 10.0 Å². The van der Waals surface area contributed by atoms with Crippen LogP contribution in [0.5, 0.6) is 0 Å². The molecular formula is C21H23N3O5S. The highest BCUT2D eigenvalue weighted by Crippen LogP contribution is 2.26. The molecule has 158 valence electrons. The summed E-state index contributed by atoms with van der Waals surface area (Å²) < 4.78 is 31.7. The van der Waals surface area contributed by atoms with Gasteiger partial charge in [0.05, 0.1) is 23.8 Å². The first-order valence-corrected chi connectivity index (χ1v) is 10.9. The van der Waals surface area contributed by atoms with Crippen molar-refractivity contribution in [3.8, 4) is 0 Å². The number of amides is 1. The van der Waals surface area contributed by atoms with Crippen molar-refractivity contribution >= 4 is 28.1 Å². The first-order valence-electron chi connectivity index (χ1n) is 9.43. The van der Waals surface area contributed by atoms with E-state index in [1.54, 1.807) is 48.5 Å². The quantitative estimate of drug-likeness (QED) is 0.430. The molecule has 8 nitrogen and oxygen atoms in total. The molecule has 30 heavy (non-hydrogen) atoms. The predicted octanol–water partition coefficient (Wildman–Crippen LogP) is 2.09. The van der Waals surface area contributed by atoms with Crippen LogP contribution in [0.4, 0.5) is 0 Å². The third-order valence-corrected chi connectivity index (χ3v) is 6.78. The highest BCUT2D eigenvalue weighted by molar-refractivity contribution is 7.89. The van der Waals surface area contributed by atoms with Crippen molar-refractivity contribution in [2.45, 2.75) is 30.7 Å². The fourth-order valence-electron chi connectivity index (χ4n) is 3.20. The van der Waals surface area contributed by atoms with Crippen molar-refractivity contribution in [3.05, 3.63) is 65.2 Å². The number of hydrazone groups is 1. The van der Waals surface area contributed by atoms with E-state index in [2.05, 4.69) is 15.3 Å². The van der Waals surface area contributed by atoms with Crippen LogP contribution in [0, 0.1) is 6.92 Å². The molecule has 3 rings (SSSR count). The minimum Gasteiger partial charge on any atom is -0.465 e. The number of ether oxygens (including phenoxy) is 1. The van der Waals surface area contributed by atoms with E-state index >= 15 is 0 Å². The number of sulfonamides is 1. The van der Waals surface area contributed by atoms with Crippen LogP contribution in [-0.4, -0.2) is 50.5 Å². The molecular weight excluding hydrogens is 406 g/mol. The Kier molecular flexibility index (Phi) is 6.63. The van der Waals surface area contributed by atoms with Crippen LogP contribution in [0.2, 0.25) is 0 Å². The second-order valence-corrected chi connectivity index (χ2v) is 8.83. The highest BCUT2D eigenvalue weighted by atomic mass is 32.2. The van der Waals surface area contributed by atoms with Gasteiger partial charge >= 0.3 is 5.97 Å². The van der Waals surface area contributed by atoms with Crippen LogP contribution in [0.1, 0.15) is 34.3 Å². The summed E-state index contributed by atoms with van der Waals surface area (Å²) in [4.78, 5) is 24.2. The number of esters is 1. The molecule has 1 amide bonds. The first-order chi connectivity index (χ1) is 14.3. The summed E-state index contributed by atoms with van der Waals surface area (Å²) in [7, 11) is -2.46. The molecule has 0 radical (unpaired) electrons. The monoisotopic (exact) mass is 429 g/mol. The van der Waals surface area contributed by atoms with E-state index < -0.39 is 27.9 Å². The maximum Gasteiger partial charge on any atom is 0.337 e. The maximum atomic E-state index is 12.9. The van der Waals surface area contributed by atoms with Gasteiger partial charge in [-0.15, -0.1) is 0 Å². The molecule has 1 fully saturated rings. The van der Waals surface area contributed by atoms with Gasteiger partial charge in [0.25, 0.3) is 5.91 Å². The van der Waals surface area contributed by atoms with Crippen molar-refractivity contribution in [2.75, 3.05) is 13.7 Å². The molecule has 0 spiro atoms. The first kappa shape index (κ1) is 21.7. The molecule has 1 aliphatic heterocycles. The zero-order chi connectivity index (χ0) is 21.7. The fraction of sp³-hybridized carbons (Fsp3) is 0.286. The van der Waals surface area contributed by atoms with Gasteiger partial charge in [-0.2, -0.15) is 9.41 Å². The normalized spacial score (nSPS) is 17.2. The van der Waals surface area contributed by atoms with Gasteiger partial charge < -0.3 is 4.74 Å². The Balaban J connectivity index is 1.66. The fourth-order valence-corrected chi connectivity index (χ4v) is 4.86. The van der Waals surface area contributed by atoms with Crippen LogP contribution < -0.4 is 5.43 Å². The average molecular weight is 429 g/mol. The molecule has 0 bridgehead atoms. The minimum atomic E-state index is -3.77. The summed E-state index contributed by atoms with van der Waals surface area (Å²) in [6.07, 6.45) is 2.45. The zero-order valence-corrected chi connectivity index (χ0v) is 17.6. The maximum absolute atomic E-state index is 12.9. The van der Waals surface area contributed by atoms with E-state index in [1.807, 2.05) is 6.92 Å². The largest absolute Gasteiger partial charge is 0.465 e. The molecule has 0 aliphatic carbocycles. The van der Waals surface area contributed by atoms with Crippen LogP contribution in [0.25, 0.3) is 0 Å². The average Bonchev–Trinajstić information content (AvgIpc) is 3.25. The lowest BCUT2D eigenvalue weighted by molar-refractivity contribution is -0.124. The second-order valence-electron chi connectivity index (χ2n) is 6.93. The Bertz CT molecular complexity index is 1050.